The van der Waals surface area contributed by atoms with Gasteiger partial charge in [-0.15, -0.1) is 10.2 Å². The van der Waals surface area contributed by atoms with Crippen LogP contribution in [0.4, 0.5) is 10.1 Å². The molecule has 2 N–H and O–H groups in total. The molecular weight excluding hydrogens is 353 g/mol. The third-order valence-corrected chi connectivity index (χ3v) is 3.74. The van der Waals surface area contributed by atoms with Crippen molar-refractivity contribution in [2.75, 3.05) is 0 Å². The van der Waals surface area contributed by atoms with Gasteiger partial charge < -0.3 is 10.1 Å². The summed E-state index contributed by atoms with van der Waals surface area (Å²) in [6.45, 7) is 0. The molecule has 0 unspecified atom stereocenters. The maximum absolute atomic E-state index is 13.5. The summed E-state index contributed by atoms with van der Waals surface area (Å²) in [5.74, 6) is -1.70. The van der Waals surface area contributed by atoms with E-state index in [-0.39, 0.29) is 17.1 Å². The number of aromatic hydroxyl groups is 1. The molecular formula is C15H9BrFN3O2. The van der Waals surface area contributed by atoms with Gasteiger partial charge in [0, 0.05) is 9.86 Å². The number of hydrogen-bond acceptors (Lipinski definition) is 3. The molecule has 0 radical (unpaired) electrons. The fourth-order valence-corrected chi connectivity index (χ4v) is 2.50. The van der Waals surface area contributed by atoms with E-state index < -0.39 is 11.7 Å². The van der Waals surface area contributed by atoms with Crippen molar-refractivity contribution in [1.29, 1.82) is 0 Å². The standard InChI is InChI=1S/C15H9BrFN3O2/c16-10-6-3-5-9-12(10)18-15(22)13(9)19-20-14(21)8-4-1-2-7-11(8)17/h1-7,18,22H. The van der Waals surface area contributed by atoms with Crippen LogP contribution in [0.3, 0.4) is 0 Å². The smallest absolute Gasteiger partial charge is 0.298 e. The van der Waals surface area contributed by atoms with Crippen molar-refractivity contribution < 1.29 is 14.3 Å². The minimum absolute atomic E-state index is 0.126. The lowest BCUT2D eigenvalue weighted by molar-refractivity contribution is 0.0991. The first-order chi connectivity index (χ1) is 10.6. The number of para-hydroxylation sites is 1. The number of carbonyl (C=O) groups excluding carboxylic acids is 1. The van der Waals surface area contributed by atoms with Gasteiger partial charge in [-0.25, -0.2) is 4.39 Å². The van der Waals surface area contributed by atoms with E-state index in [9.17, 15) is 14.3 Å². The molecule has 3 rings (SSSR count). The Morgan fingerprint density at radius 2 is 1.95 bits per heavy atom. The molecule has 3 aromatic rings. The Morgan fingerprint density at radius 3 is 2.73 bits per heavy atom. The van der Waals surface area contributed by atoms with Crippen molar-refractivity contribution >= 4 is 38.4 Å². The van der Waals surface area contributed by atoms with E-state index in [1.165, 1.54) is 24.3 Å². The maximum atomic E-state index is 13.5. The number of azo groups is 1. The summed E-state index contributed by atoms with van der Waals surface area (Å²) < 4.78 is 14.2. The summed E-state index contributed by atoms with van der Waals surface area (Å²) in [4.78, 5) is 14.6. The topological polar surface area (TPSA) is 77.8 Å². The van der Waals surface area contributed by atoms with Crippen LogP contribution in [-0.2, 0) is 0 Å². The van der Waals surface area contributed by atoms with E-state index in [4.69, 9.17) is 0 Å². The van der Waals surface area contributed by atoms with E-state index in [0.29, 0.717) is 10.9 Å². The van der Waals surface area contributed by atoms with Crippen LogP contribution in [0.1, 0.15) is 10.4 Å². The van der Waals surface area contributed by atoms with E-state index in [1.54, 1.807) is 18.2 Å². The van der Waals surface area contributed by atoms with Crippen LogP contribution in [0.25, 0.3) is 10.9 Å². The van der Waals surface area contributed by atoms with Gasteiger partial charge in [0.1, 0.15) is 5.82 Å². The molecule has 1 heterocycles. The third kappa shape index (κ3) is 2.50. The molecule has 7 heteroatoms. The predicted octanol–water partition coefficient (Wildman–Crippen LogP) is 4.70. The van der Waals surface area contributed by atoms with Gasteiger partial charge >= 0.3 is 0 Å². The summed E-state index contributed by atoms with van der Waals surface area (Å²) >= 11 is 3.34. The minimum atomic E-state index is -0.818. The summed E-state index contributed by atoms with van der Waals surface area (Å²) in [7, 11) is 0. The summed E-state index contributed by atoms with van der Waals surface area (Å²) in [5.41, 5.74) is 0.583. The molecule has 1 aromatic heterocycles. The number of nitrogens with zero attached hydrogens (tertiary/aromatic N) is 2. The van der Waals surface area contributed by atoms with Crippen LogP contribution in [0, 0.1) is 5.82 Å². The number of carbonyl (C=O) groups is 1. The zero-order chi connectivity index (χ0) is 15.7. The van der Waals surface area contributed by atoms with Crippen LogP contribution < -0.4 is 0 Å². The van der Waals surface area contributed by atoms with Gasteiger partial charge in [-0.1, -0.05) is 24.3 Å². The second kappa shape index (κ2) is 5.69. The van der Waals surface area contributed by atoms with Crippen molar-refractivity contribution in [3.05, 3.63) is 58.3 Å². The van der Waals surface area contributed by atoms with Gasteiger partial charge in [-0.3, -0.25) is 4.79 Å². The van der Waals surface area contributed by atoms with Crippen molar-refractivity contribution in [2.24, 2.45) is 10.2 Å². The highest BCUT2D eigenvalue weighted by atomic mass is 79.9. The van der Waals surface area contributed by atoms with Crippen molar-refractivity contribution in [1.82, 2.24) is 4.98 Å². The van der Waals surface area contributed by atoms with E-state index in [0.717, 1.165) is 4.47 Å². The first-order valence-corrected chi connectivity index (χ1v) is 7.07. The van der Waals surface area contributed by atoms with Crippen LogP contribution in [0.2, 0.25) is 0 Å². The number of aromatic amines is 1. The quantitative estimate of drug-likeness (QED) is 0.649. The average Bonchev–Trinajstić information content (AvgIpc) is 2.82. The molecule has 0 fully saturated rings. The van der Waals surface area contributed by atoms with E-state index >= 15 is 0 Å². The van der Waals surface area contributed by atoms with Crippen molar-refractivity contribution in [3.63, 3.8) is 0 Å². The zero-order valence-corrected chi connectivity index (χ0v) is 12.6. The van der Waals surface area contributed by atoms with Gasteiger partial charge in [-0.05, 0) is 34.1 Å². The number of amides is 1. The monoisotopic (exact) mass is 361 g/mol. The molecule has 0 saturated carbocycles. The van der Waals surface area contributed by atoms with Crippen LogP contribution in [-0.4, -0.2) is 16.0 Å². The number of rotatable bonds is 2. The number of aromatic nitrogens is 1. The Balaban J connectivity index is 2.00. The summed E-state index contributed by atoms with van der Waals surface area (Å²) in [6, 6.07) is 10.8. The lowest BCUT2D eigenvalue weighted by Gasteiger charge is -1.96. The van der Waals surface area contributed by atoms with Gasteiger partial charge in [-0.2, -0.15) is 0 Å². The Hall–Kier alpha value is -2.54. The largest absolute Gasteiger partial charge is 0.493 e. The Labute approximate surface area is 132 Å². The highest BCUT2D eigenvalue weighted by Crippen LogP contribution is 2.38. The third-order valence-electron chi connectivity index (χ3n) is 3.08. The Bertz CT molecular complexity index is 905. The van der Waals surface area contributed by atoms with E-state index in [1.807, 2.05) is 0 Å². The Kier molecular flexibility index (Phi) is 3.72. The van der Waals surface area contributed by atoms with Crippen LogP contribution in [0.15, 0.2) is 57.2 Å². The summed E-state index contributed by atoms with van der Waals surface area (Å²) in [6.07, 6.45) is 0. The molecule has 0 spiro atoms. The lowest BCUT2D eigenvalue weighted by Crippen LogP contribution is -1.97. The highest BCUT2D eigenvalue weighted by molar-refractivity contribution is 9.10. The molecule has 5 nitrogen and oxygen atoms in total. The number of benzene rings is 2. The molecule has 2 aromatic carbocycles. The maximum Gasteiger partial charge on any atom is 0.298 e. The molecule has 110 valence electrons. The molecule has 22 heavy (non-hydrogen) atoms. The molecule has 1 amide bonds. The van der Waals surface area contributed by atoms with Gasteiger partial charge in [0.05, 0.1) is 11.1 Å². The number of hydrogen-bond donors (Lipinski definition) is 2. The number of nitrogens with one attached hydrogen (secondary N) is 1. The minimum Gasteiger partial charge on any atom is -0.493 e. The van der Waals surface area contributed by atoms with Gasteiger partial charge in [0.2, 0.25) is 5.88 Å². The second-order valence-electron chi connectivity index (χ2n) is 4.47. The fourth-order valence-electron chi connectivity index (χ4n) is 2.04. The van der Waals surface area contributed by atoms with E-state index in [2.05, 4.69) is 31.1 Å². The molecule has 0 saturated heterocycles. The highest BCUT2D eigenvalue weighted by Gasteiger charge is 2.14. The molecule has 0 bridgehead atoms. The number of halogens is 2. The number of H-pyrrole nitrogens is 1. The fraction of sp³-hybridized carbons (Fsp3) is 0. The summed E-state index contributed by atoms with van der Waals surface area (Å²) in [5, 5.41) is 17.7. The molecule has 0 atom stereocenters. The molecule has 0 aliphatic rings. The average molecular weight is 362 g/mol. The van der Waals surface area contributed by atoms with Crippen LogP contribution in [0.5, 0.6) is 5.88 Å². The Morgan fingerprint density at radius 1 is 1.18 bits per heavy atom. The van der Waals surface area contributed by atoms with Crippen molar-refractivity contribution in [2.45, 2.75) is 0 Å². The molecule has 0 aliphatic heterocycles. The van der Waals surface area contributed by atoms with Gasteiger partial charge in [0.15, 0.2) is 5.69 Å². The van der Waals surface area contributed by atoms with Crippen molar-refractivity contribution in [3.8, 4) is 5.88 Å². The first kappa shape index (κ1) is 14.4. The van der Waals surface area contributed by atoms with Gasteiger partial charge in [0.25, 0.3) is 5.91 Å². The number of fused-ring (bicyclic) bond motifs is 1. The first-order valence-electron chi connectivity index (χ1n) is 6.27. The molecule has 0 aliphatic carbocycles. The second-order valence-corrected chi connectivity index (χ2v) is 5.32. The normalized spacial score (nSPS) is 11.4. The SMILES string of the molecule is O=C(N=Nc1c(O)[nH]c2c(Br)cccc12)c1ccccc1F. The lowest BCUT2D eigenvalue weighted by atomic mass is 10.2. The zero-order valence-electron chi connectivity index (χ0n) is 11.0. The predicted molar refractivity (Wildman–Crippen MR) is 82.9 cm³/mol. The van der Waals surface area contributed by atoms with Crippen LogP contribution >= 0.6 is 15.9 Å².